The third-order valence-electron chi connectivity index (χ3n) is 2.13. The molecule has 0 atom stereocenters. The molecular weight excluding hydrogens is 226 g/mol. The lowest BCUT2D eigenvalue weighted by Crippen LogP contribution is -2.06. The van der Waals surface area contributed by atoms with Crippen molar-refractivity contribution in [3.8, 4) is 5.82 Å². The largest absolute Gasteiger partial charge is 0.476 e. The van der Waals surface area contributed by atoms with Gasteiger partial charge in [0.25, 0.3) is 0 Å². The van der Waals surface area contributed by atoms with Crippen LogP contribution in [0.2, 0.25) is 0 Å². The van der Waals surface area contributed by atoms with Crippen LogP contribution < -0.4 is 0 Å². The number of carboxylic acid groups (broad SMARTS) is 1. The van der Waals surface area contributed by atoms with Crippen molar-refractivity contribution in [3.63, 3.8) is 0 Å². The van der Waals surface area contributed by atoms with Crippen molar-refractivity contribution < 1.29 is 9.90 Å². The summed E-state index contributed by atoms with van der Waals surface area (Å²) in [6.07, 6.45) is 4.48. The highest BCUT2D eigenvalue weighted by Gasteiger charge is 2.11. The van der Waals surface area contributed by atoms with Crippen molar-refractivity contribution in [3.05, 3.63) is 30.4 Å². The number of hydrogen-bond donors (Lipinski definition) is 1. The minimum atomic E-state index is -1.10. The first-order chi connectivity index (χ1) is 8.25. The van der Waals surface area contributed by atoms with Gasteiger partial charge in [-0.2, -0.15) is 9.61 Å². The SMILES string of the molecule is O=C(O)c1ccn(-c2cncc3nnnn23)n1. The van der Waals surface area contributed by atoms with E-state index < -0.39 is 5.97 Å². The van der Waals surface area contributed by atoms with Gasteiger partial charge in [0.2, 0.25) is 0 Å². The number of carboxylic acids is 1. The summed E-state index contributed by atoms with van der Waals surface area (Å²) in [7, 11) is 0. The number of carbonyl (C=O) groups is 1. The molecular formula is C8H5N7O2. The van der Waals surface area contributed by atoms with Gasteiger partial charge in [0.15, 0.2) is 17.2 Å². The zero-order valence-corrected chi connectivity index (χ0v) is 8.30. The van der Waals surface area contributed by atoms with Crippen LogP contribution in [0.4, 0.5) is 0 Å². The van der Waals surface area contributed by atoms with Crippen LogP contribution in [0, 0.1) is 0 Å². The van der Waals surface area contributed by atoms with Gasteiger partial charge in [0.05, 0.1) is 12.4 Å². The summed E-state index contributed by atoms with van der Waals surface area (Å²) in [6.45, 7) is 0. The number of rotatable bonds is 2. The summed E-state index contributed by atoms with van der Waals surface area (Å²) >= 11 is 0. The van der Waals surface area contributed by atoms with Gasteiger partial charge in [-0.3, -0.25) is 4.98 Å². The lowest BCUT2D eigenvalue weighted by atomic mass is 10.5. The fourth-order valence-electron chi connectivity index (χ4n) is 1.38. The Hall–Kier alpha value is -2.84. The third-order valence-corrected chi connectivity index (χ3v) is 2.13. The molecule has 3 aromatic rings. The Balaban J connectivity index is 2.19. The predicted molar refractivity (Wildman–Crippen MR) is 52.7 cm³/mol. The van der Waals surface area contributed by atoms with Crippen LogP contribution in [0.5, 0.6) is 0 Å². The van der Waals surface area contributed by atoms with Gasteiger partial charge < -0.3 is 5.11 Å². The van der Waals surface area contributed by atoms with E-state index in [1.165, 1.54) is 33.9 Å². The molecule has 1 N–H and O–H groups in total. The zero-order chi connectivity index (χ0) is 11.8. The van der Waals surface area contributed by atoms with Crippen LogP contribution in [0.1, 0.15) is 10.5 Å². The van der Waals surface area contributed by atoms with Gasteiger partial charge >= 0.3 is 5.97 Å². The lowest BCUT2D eigenvalue weighted by Gasteiger charge is -2.00. The van der Waals surface area contributed by atoms with E-state index in [-0.39, 0.29) is 5.69 Å². The van der Waals surface area contributed by atoms with Crippen LogP contribution in [0.3, 0.4) is 0 Å². The fraction of sp³-hybridized carbons (Fsp3) is 0. The lowest BCUT2D eigenvalue weighted by molar-refractivity contribution is 0.0690. The summed E-state index contributed by atoms with van der Waals surface area (Å²) in [5, 5.41) is 23.6. The van der Waals surface area contributed by atoms with Gasteiger partial charge in [0.1, 0.15) is 0 Å². The Kier molecular flexibility index (Phi) is 1.84. The topological polar surface area (TPSA) is 111 Å². The summed E-state index contributed by atoms with van der Waals surface area (Å²) in [6, 6.07) is 1.38. The summed E-state index contributed by atoms with van der Waals surface area (Å²) < 4.78 is 2.76. The predicted octanol–water partition coefficient (Wildman–Crippen LogP) is -0.597. The molecule has 17 heavy (non-hydrogen) atoms. The molecule has 0 amide bonds. The molecule has 0 saturated carbocycles. The molecule has 3 aromatic heterocycles. The smallest absolute Gasteiger partial charge is 0.356 e. The fourth-order valence-corrected chi connectivity index (χ4v) is 1.38. The highest BCUT2D eigenvalue weighted by molar-refractivity contribution is 5.85. The van der Waals surface area contributed by atoms with Crippen LogP contribution in [-0.2, 0) is 0 Å². The molecule has 0 aliphatic heterocycles. The average Bonchev–Trinajstić information content (AvgIpc) is 2.97. The molecule has 0 spiro atoms. The maximum absolute atomic E-state index is 10.7. The molecule has 0 saturated heterocycles. The number of hydrogen-bond acceptors (Lipinski definition) is 6. The first-order valence-electron chi connectivity index (χ1n) is 4.57. The number of aromatic nitrogens is 7. The molecule has 0 radical (unpaired) electrons. The average molecular weight is 231 g/mol. The minimum Gasteiger partial charge on any atom is -0.476 e. The monoisotopic (exact) mass is 231 g/mol. The van der Waals surface area contributed by atoms with Gasteiger partial charge in [-0.05, 0) is 16.5 Å². The summed E-state index contributed by atoms with van der Waals surface area (Å²) in [5.41, 5.74) is 0.393. The van der Waals surface area contributed by atoms with Crippen molar-refractivity contribution >= 4 is 11.6 Å². The number of nitrogens with zero attached hydrogens (tertiary/aromatic N) is 7. The van der Waals surface area contributed by atoms with Crippen molar-refractivity contribution in [2.45, 2.75) is 0 Å². The Morgan fingerprint density at radius 1 is 1.35 bits per heavy atom. The molecule has 0 fully saturated rings. The number of tetrazole rings is 1. The number of aromatic carboxylic acids is 1. The zero-order valence-electron chi connectivity index (χ0n) is 8.30. The van der Waals surface area contributed by atoms with E-state index in [4.69, 9.17) is 5.11 Å². The maximum atomic E-state index is 10.7. The van der Waals surface area contributed by atoms with Crippen LogP contribution in [-0.4, -0.2) is 45.9 Å². The number of fused-ring (bicyclic) bond motifs is 1. The molecule has 0 unspecified atom stereocenters. The standard InChI is InChI=1S/C8H5N7O2/c16-8(17)5-1-2-14(11-5)7-4-9-3-6-10-12-13-15(6)7/h1-4H,(H,16,17). The van der Waals surface area contributed by atoms with Crippen molar-refractivity contribution in [2.75, 3.05) is 0 Å². The first-order valence-corrected chi connectivity index (χ1v) is 4.57. The van der Waals surface area contributed by atoms with Crippen molar-refractivity contribution in [1.29, 1.82) is 0 Å². The molecule has 3 rings (SSSR count). The molecule has 3 heterocycles. The highest BCUT2D eigenvalue weighted by atomic mass is 16.4. The molecule has 9 heteroatoms. The van der Waals surface area contributed by atoms with Gasteiger partial charge in [0, 0.05) is 6.20 Å². The van der Waals surface area contributed by atoms with E-state index in [0.717, 1.165) is 0 Å². The van der Waals surface area contributed by atoms with Crippen molar-refractivity contribution in [2.24, 2.45) is 0 Å². The molecule has 9 nitrogen and oxygen atoms in total. The third kappa shape index (κ3) is 1.40. The Morgan fingerprint density at radius 3 is 3.00 bits per heavy atom. The van der Waals surface area contributed by atoms with Gasteiger partial charge in [-0.15, -0.1) is 5.10 Å². The normalized spacial score (nSPS) is 10.8. The van der Waals surface area contributed by atoms with Crippen molar-refractivity contribution in [1.82, 2.24) is 34.8 Å². The van der Waals surface area contributed by atoms with E-state index >= 15 is 0 Å². The van der Waals surface area contributed by atoms with Gasteiger partial charge in [-0.25, -0.2) is 9.48 Å². The second kappa shape index (κ2) is 3.33. The van der Waals surface area contributed by atoms with Crippen LogP contribution in [0.25, 0.3) is 11.5 Å². The molecule has 0 bridgehead atoms. The van der Waals surface area contributed by atoms with E-state index in [9.17, 15) is 4.79 Å². The van der Waals surface area contributed by atoms with Crippen LogP contribution in [0.15, 0.2) is 24.7 Å². The molecule has 0 aromatic carbocycles. The molecule has 84 valence electrons. The Morgan fingerprint density at radius 2 is 2.24 bits per heavy atom. The van der Waals surface area contributed by atoms with E-state index in [0.29, 0.717) is 11.5 Å². The molecule has 0 aliphatic rings. The van der Waals surface area contributed by atoms with E-state index in [1.54, 1.807) is 0 Å². The minimum absolute atomic E-state index is 0.0601. The molecule has 0 aliphatic carbocycles. The van der Waals surface area contributed by atoms with E-state index in [2.05, 4.69) is 25.6 Å². The van der Waals surface area contributed by atoms with Gasteiger partial charge in [-0.1, -0.05) is 0 Å². The maximum Gasteiger partial charge on any atom is 0.356 e. The highest BCUT2D eigenvalue weighted by Crippen LogP contribution is 2.06. The Bertz CT molecular complexity index is 701. The second-order valence-corrected chi connectivity index (χ2v) is 3.17. The first kappa shape index (κ1) is 9.39. The Labute approximate surface area is 93.3 Å². The van der Waals surface area contributed by atoms with E-state index in [1.807, 2.05) is 0 Å². The quantitative estimate of drug-likeness (QED) is 0.626. The van der Waals surface area contributed by atoms with Crippen LogP contribution >= 0.6 is 0 Å². The second-order valence-electron chi connectivity index (χ2n) is 3.17. The summed E-state index contributed by atoms with van der Waals surface area (Å²) in [4.78, 5) is 14.7. The summed E-state index contributed by atoms with van der Waals surface area (Å²) in [5.74, 6) is -0.638.